The number of rotatable bonds is 12. The normalized spacial score (nSPS) is 22.0. The van der Waals surface area contributed by atoms with E-state index in [1.807, 2.05) is 5.43 Å². The summed E-state index contributed by atoms with van der Waals surface area (Å²) in [5.74, 6) is -13.1. The number of carboxylic acid groups (broad SMARTS) is 2. The molecule has 3 aliphatic heterocycles. The van der Waals surface area contributed by atoms with Crippen molar-refractivity contribution in [3.05, 3.63) is 28.5 Å². The summed E-state index contributed by atoms with van der Waals surface area (Å²) in [7, 11) is 0. The minimum atomic E-state index is -2.20. The minimum Gasteiger partial charge on any atom is -0.504 e. The zero-order valence-corrected chi connectivity index (χ0v) is 28.4. The van der Waals surface area contributed by atoms with E-state index < -0.39 is 123 Å². The molecule has 3 atom stereocenters. The first-order chi connectivity index (χ1) is 23.8. The fourth-order valence-electron chi connectivity index (χ4n) is 5.10. The highest BCUT2D eigenvalue weighted by Crippen LogP contribution is 2.52. The third-order valence-corrected chi connectivity index (χ3v) is 10.6. The zero-order chi connectivity index (χ0) is 37.7. The number of nitrogens with zero attached hydrogens (tertiary/aromatic N) is 6. The Bertz CT molecular complexity index is 1950. The molecular formula is C27H25ClN8O13S2. The highest BCUT2D eigenvalue weighted by Gasteiger charge is 2.66. The molecular weight excluding hydrogens is 744 g/mol. The number of aromatic hydroxyl groups is 2. The van der Waals surface area contributed by atoms with E-state index in [0.29, 0.717) is 33.2 Å². The van der Waals surface area contributed by atoms with Crippen LogP contribution < -0.4 is 11.2 Å². The van der Waals surface area contributed by atoms with Crippen molar-refractivity contribution in [2.24, 2.45) is 11.1 Å². The van der Waals surface area contributed by atoms with E-state index in [4.69, 9.17) is 22.2 Å². The number of halogens is 1. The summed E-state index contributed by atoms with van der Waals surface area (Å²) in [5, 5.41) is 41.4. The topological polar surface area (TPSA) is 313 Å². The molecule has 3 aliphatic rings. The average Bonchev–Trinajstić information content (AvgIpc) is 3.67. The maximum Gasteiger partial charge on any atom is 0.350 e. The van der Waals surface area contributed by atoms with Gasteiger partial charge in [-0.25, -0.2) is 14.6 Å². The Morgan fingerprint density at radius 3 is 2.43 bits per heavy atom. The number of amides is 4. The number of nitrogens with two attached hydrogens (primary N) is 1. The number of Topliss-reactive ketones (excluding diaryl/α,β-unsaturated/α-hetero) is 2. The van der Waals surface area contributed by atoms with Crippen LogP contribution in [0, 0.1) is 5.92 Å². The quantitative estimate of drug-likeness (QED) is 0.0362. The summed E-state index contributed by atoms with van der Waals surface area (Å²) in [6.07, 6.45) is -0.582. The molecule has 24 heteroatoms. The second kappa shape index (κ2) is 13.3. The molecule has 5 rings (SSSR count). The van der Waals surface area contributed by atoms with Crippen LogP contribution in [0.5, 0.6) is 11.5 Å². The number of phenolic OH excluding ortho intramolecular Hbond substituents is 2. The van der Waals surface area contributed by atoms with Crippen LogP contribution in [0.2, 0.25) is 5.02 Å². The number of fused-ring (bicyclic) bond motifs is 1. The Labute approximate surface area is 298 Å². The van der Waals surface area contributed by atoms with E-state index in [0.717, 1.165) is 30.9 Å². The highest BCUT2D eigenvalue weighted by atomic mass is 35.5. The second-order valence-corrected chi connectivity index (χ2v) is 14.1. The van der Waals surface area contributed by atoms with Gasteiger partial charge < -0.3 is 40.8 Å². The molecule has 2 aromatic rings. The maximum absolute atomic E-state index is 13.4. The second-order valence-electron chi connectivity index (χ2n) is 11.6. The van der Waals surface area contributed by atoms with Gasteiger partial charge in [-0.2, -0.15) is 9.36 Å². The number of piperazine rings is 1. The lowest BCUT2D eigenvalue weighted by Crippen LogP contribution is -2.67. The predicted molar refractivity (Wildman–Crippen MR) is 171 cm³/mol. The molecule has 1 aromatic carbocycles. The van der Waals surface area contributed by atoms with Gasteiger partial charge in [0.05, 0.1) is 35.0 Å². The van der Waals surface area contributed by atoms with Gasteiger partial charge in [-0.15, -0.1) is 0 Å². The Kier molecular flexibility index (Phi) is 9.57. The van der Waals surface area contributed by atoms with Crippen LogP contribution in [0.1, 0.15) is 36.5 Å². The number of aromatic nitrogens is 2. The van der Waals surface area contributed by atoms with Crippen molar-refractivity contribution in [2.45, 2.75) is 36.1 Å². The third-order valence-electron chi connectivity index (χ3n) is 7.93. The van der Waals surface area contributed by atoms with Crippen molar-refractivity contribution in [2.75, 3.05) is 25.4 Å². The average molecular weight is 769 g/mol. The first-order valence-corrected chi connectivity index (χ1v) is 16.4. The molecule has 0 aliphatic carbocycles. The van der Waals surface area contributed by atoms with Crippen LogP contribution in [0.4, 0.5) is 5.13 Å². The van der Waals surface area contributed by atoms with Crippen LogP contribution >= 0.6 is 34.9 Å². The van der Waals surface area contributed by atoms with E-state index in [9.17, 15) is 58.8 Å². The van der Waals surface area contributed by atoms with E-state index >= 15 is 0 Å². The smallest absolute Gasteiger partial charge is 0.350 e. The van der Waals surface area contributed by atoms with Gasteiger partial charge in [-0.1, -0.05) is 28.5 Å². The lowest BCUT2D eigenvalue weighted by atomic mass is 9.90. The summed E-state index contributed by atoms with van der Waals surface area (Å²) in [5.41, 5.74) is 4.61. The summed E-state index contributed by atoms with van der Waals surface area (Å²) in [6.45, 7) is 0.774. The standard InChI is InChI=1S/C27H25ClN8O13S2/c1-26(2,23(45)46)49-32-14(17-30-25(29)51-33-17)12(38)7-10-19(42)34-8-27(24(47)48,50-22(10)34)35-5-6-36(21(44)20(35)43)31-18(41)15(39)9-3-4-11(37)16(40)13(9)28/h3-4,10,22,37,40H,5-8H2,1-2H3,(H,31,41)(H,45,46)(H,47,48)(H2,29,30,33)/b32-14+/t10?,22-,27-/m1/s1. The summed E-state index contributed by atoms with van der Waals surface area (Å²) in [4.78, 5) is 111. The van der Waals surface area contributed by atoms with Crippen LogP contribution in [0.3, 0.4) is 0 Å². The number of nitrogens with one attached hydrogen (secondary N) is 1. The number of carbonyl (C=O) groups is 8. The molecule has 0 spiro atoms. The largest absolute Gasteiger partial charge is 0.504 e. The van der Waals surface area contributed by atoms with Crippen LogP contribution in [0.15, 0.2) is 17.3 Å². The van der Waals surface area contributed by atoms with Gasteiger partial charge in [-0.05, 0) is 26.0 Å². The molecule has 3 fully saturated rings. The first kappa shape index (κ1) is 36.7. The number of β-lactam (4-membered cyclic amide) rings is 1. The monoisotopic (exact) mass is 768 g/mol. The molecule has 270 valence electrons. The molecule has 4 amide bonds. The van der Waals surface area contributed by atoms with Crippen molar-refractivity contribution in [1.82, 2.24) is 29.6 Å². The van der Waals surface area contributed by atoms with Gasteiger partial charge in [-0.3, -0.25) is 34.2 Å². The van der Waals surface area contributed by atoms with Gasteiger partial charge in [0, 0.05) is 24.5 Å². The lowest BCUT2D eigenvalue weighted by Gasteiger charge is -2.41. The maximum atomic E-state index is 13.4. The number of hydrogen-bond acceptors (Lipinski definition) is 17. The van der Waals surface area contributed by atoms with Gasteiger partial charge in [0.15, 0.2) is 28.1 Å². The number of hydrogen-bond donors (Lipinski definition) is 6. The fraction of sp³-hybridized carbons (Fsp3) is 0.370. The minimum absolute atomic E-state index is 0.0565. The molecule has 3 saturated heterocycles. The number of aliphatic carboxylic acids is 2. The van der Waals surface area contributed by atoms with Crippen molar-refractivity contribution < 1.29 is 63.6 Å². The number of hydrazine groups is 1. The van der Waals surface area contributed by atoms with E-state index in [2.05, 4.69) is 14.5 Å². The highest BCUT2D eigenvalue weighted by molar-refractivity contribution is 8.02. The Hall–Kier alpha value is -5.55. The number of thioether (sulfide) groups is 1. The van der Waals surface area contributed by atoms with E-state index in [1.54, 1.807) is 0 Å². The molecule has 0 radical (unpaired) electrons. The van der Waals surface area contributed by atoms with Gasteiger partial charge in [0.25, 0.3) is 5.78 Å². The lowest BCUT2D eigenvalue weighted by molar-refractivity contribution is -0.168. The number of ketones is 2. The number of carboxylic acids is 2. The van der Waals surface area contributed by atoms with Crippen LogP contribution in [-0.4, -0.2) is 133 Å². The summed E-state index contributed by atoms with van der Waals surface area (Å²) < 4.78 is 3.90. The molecule has 4 heterocycles. The number of phenols is 2. The molecule has 51 heavy (non-hydrogen) atoms. The van der Waals surface area contributed by atoms with Crippen molar-refractivity contribution in [1.29, 1.82) is 0 Å². The molecule has 0 saturated carbocycles. The van der Waals surface area contributed by atoms with Gasteiger partial charge >= 0.3 is 29.7 Å². The Morgan fingerprint density at radius 2 is 1.82 bits per heavy atom. The van der Waals surface area contributed by atoms with Crippen LogP contribution in [-0.2, 0) is 38.4 Å². The number of oxime groups is 1. The molecule has 21 nitrogen and oxygen atoms in total. The third kappa shape index (κ3) is 6.45. The van der Waals surface area contributed by atoms with Crippen LogP contribution in [0.25, 0.3) is 0 Å². The van der Waals surface area contributed by atoms with Gasteiger partial charge in [0.1, 0.15) is 0 Å². The Morgan fingerprint density at radius 1 is 1.14 bits per heavy atom. The van der Waals surface area contributed by atoms with Crippen molar-refractivity contribution in [3.63, 3.8) is 0 Å². The molecule has 1 unspecified atom stereocenters. The van der Waals surface area contributed by atoms with Crippen molar-refractivity contribution in [3.8, 4) is 11.5 Å². The molecule has 7 N–H and O–H groups in total. The Balaban J connectivity index is 1.30. The van der Waals surface area contributed by atoms with E-state index in [1.165, 1.54) is 0 Å². The van der Waals surface area contributed by atoms with Crippen molar-refractivity contribution >= 4 is 92.9 Å². The number of carbonyl (C=O) groups excluding carboxylic acids is 6. The number of benzene rings is 1. The number of anilines is 1. The fourth-order valence-corrected chi connectivity index (χ4v) is 7.48. The molecule has 1 aromatic heterocycles. The van der Waals surface area contributed by atoms with Gasteiger partial charge in [0.2, 0.25) is 22.2 Å². The van der Waals surface area contributed by atoms with E-state index in [-0.39, 0.29) is 11.0 Å². The molecule has 0 bridgehead atoms. The first-order valence-electron chi connectivity index (χ1n) is 14.3. The zero-order valence-electron chi connectivity index (χ0n) is 26.1. The SMILES string of the molecule is CC(C)(O/N=C(\C(=O)CC1C(=O)N2C[C@@](C(=O)O)(N3CCN(NC(=O)C(=O)c4ccc(O)c(O)c4Cl)C(=O)C3=O)S[C@H]12)c1nsc(N)n1)C(=O)O. The predicted octanol–water partition coefficient (Wildman–Crippen LogP) is -1.37. The summed E-state index contributed by atoms with van der Waals surface area (Å²) in [6, 6.07) is 1.84. The summed E-state index contributed by atoms with van der Waals surface area (Å²) >= 11 is 7.16. The number of nitrogen functional groups attached to an aromatic ring is 1.